The van der Waals surface area contributed by atoms with Crippen molar-refractivity contribution in [2.75, 3.05) is 19.1 Å². The van der Waals surface area contributed by atoms with E-state index >= 15 is 0 Å². The molecular formula is C16H25N3O. The van der Waals surface area contributed by atoms with E-state index in [0.29, 0.717) is 12.1 Å². The van der Waals surface area contributed by atoms with Gasteiger partial charge in [0.15, 0.2) is 0 Å². The maximum atomic E-state index is 5.47. The number of aryl methyl sites for hydroxylation is 2. The number of anilines is 1. The van der Waals surface area contributed by atoms with Crippen LogP contribution in [0.2, 0.25) is 0 Å². The van der Waals surface area contributed by atoms with Gasteiger partial charge in [0.1, 0.15) is 11.6 Å². The monoisotopic (exact) mass is 275 g/mol. The number of ether oxygens (including phenoxy) is 1. The Morgan fingerprint density at radius 2 is 1.85 bits per heavy atom. The molecule has 0 N–H and O–H groups in total. The van der Waals surface area contributed by atoms with Crippen molar-refractivity contribution < 1.29 is 4.74 Å². The van der Waals surface area contributed by atoms with Gasteiger partial charge in [0.25, 0.3) is 0 Å². The predicted octanol–water partition coefficient (Wildman–Crippen LogP) is 2.67. The fourth-order valence-electron chi connectivity index (χ4n) is 3.67. The summed E-state index contributed by atoms with van der Waals surface area (Å²) < 4.78 is 5.47. The van der Waals surface area contributed by atoms with Crippen LogP contribution in [0.25, 0.3) is 0 Å². The Labute approximate surface area is 121 Å². The second-order valence-corrected chi connectivity index (χ2v) is 6.15. The topological polar surface area (TPSA) is 38.2 Å². The van der Waals surface area contributed by atoms with E-state index in [1.165, 1.54) is 36.3 Å². The zero-order valence-corrected chi connectivity index (χ0v) is 12.9. The van der Waals surface area contributed by atoms with E-state index in [1.54, 1.807) is 0 Å². The molecule has 1 aromatic heterocycles. The Hall–Kier alpha value is -1.16. The van der Waals surface area contributed by atoms with Crippen LogP contribution in [0.3, 0.4) is 0 Å². The van der Waals surface area contributed by atoms with Gasteiger partial charge in [-0.3, -0.25) is 0 Å². The first-order valence-corrected chi connectivity index (χ1v) is 7.81. The third-order valence-corrected chi connectivity index (χ3v) is 4.88. The Balaban J connectivity index is 1.79. The second-order valence-electron chi connectivity index (χ2n) is 6.15. The molecule has 4 heteroatoms. The second kappa shape index (κ2) is 5.68. The van der Waals surface area contributed by atoms with Crippen molar-refractivity contribution in [3.05, 3.63) is 17.1 Å². The van der Waals surface area contributed by atoms with Gasteiger partial charge in [-0.15, -0.1) is 0 Å². The van der Waals surface area contributed by atoms with Gasteiger partial charge in [-0.1, -0.05) is 0 Å². The van der Waals surface area contributed by atoms with Crippen LogP contribution in [0.5, 0.6) is 0 Å². The number of fused-ring (bicyclic) bond motifs is 1. The molecule has 0 unspecified atom stereocenters. The van der Waals surface area contributed by atoms with Gasteiger partial charge in [-0.2, -0.15) is 0 Å². The number of aromatic nitrogens is 2. The highest BCUT2D eigenvalue weighted by molar-refractivity contribution is 5.51. The van der Waals surface area contributed by atoms with Crippen LogP contribution >= 0.6 is 0 Å². The number of hydrogen-bond acceptors (Lipinski definition) is 4. The van der Waals surface area contributed by atoms with Gasteiger partial charge in [-0.25, -0.2) is 9.97 Å². The molecule has 1 saturated carbocycles. The summed E-state index contributed by atoms with van der Waals surface area (Å²) in [4.78, 5) is 11.8. The lowest BCUT2D eigenvalue weighted by Gasteiger charge is -2.35. The average molecular weight is 275 g/mol. The highest BCUT2D eigenvalue weighted by Crippen LogP contribution is 2.32. The first kappa shape index (κ1) is 13.8. The molecule has 4 nitrogen and oxygen atoms in total. The molecule has 0 atom stereocenters. The van der Waals surface area contributed by atoms with Crippen molar-refractivity contribution in [1.82, 2.24) is 9.97 Å². The summed E-state index contributed by atoms with van der Waals surface area (Å²) in [6.07, 6.45) is 8.68. The van der Waals surface area contributed by atoms with E-state index in [-0.39, 0.29) is 0 Å². The minimum Gasteiger partial charge on any atom is -0.381 e. The predicted molar refractivity (Wildman–Crippen MR) is 80.3 cm³/mol. The van der Waals surface area contributed by atoms with Crippen LogP contribution in [0.4, 0.5) is 5.82 Å². The Morgan fingerprint density at radius 1 is 1.10 bits per heavy atom. The Bertz CT molecular complexity index is 481. The molecule has 0 amide bonds. The quantitative estimate of drug-likeness (QED) is 0.850. The Kier molecular flexibility index (Phi) is 3.92. The van der Waals surface area contributed by atoms with Gasteiger partial charge in [0, 0.05) is 31.5 Å². The largest absolute Gasteiger partial charge is 0.381 e. The number of nitrogens with zero attached hydrogens (tertiary/aromatic N) is 3. The molecule has 1 aromatic rings. The van der Waals surface area contributed by atoms with Gasteiger partial charge >= 0.3 is 0 Å². The number of rotatable bonds is 3. The lowest BCUT2D eigenvalue weighted by molar-refractivity contribution is 0.0659. The number of methoxy groups -OCH3 is 1. The molecule has 110 valence electrons. The minimum atomic E-state index is 0.456. The van der Waals surface area contributed by atoms with E-state index in [0.717, 1.165) is 31.5 Å². The molecule has 2 aliphatic carbocycles. The maximum Gasteiger partial charge on any atom is 0.135 e. The van der Waals surface area contributed by atoms with Gasteiger partial charge in [0.05, 0.1) is 6.10 Å². The molecule has 1 heterocycles. The first-order chi connectivity index (χ1) is 9.69. The van der Waals surface area contributed by atoms with Crippen LogP contribution < -0.4 is 4.90 Å². The van der Waals surface area contributed by atoms with Gasteiger partial charge in [0.2, 0.25) is 0 Å². The van der Waals surface area contributed by atoms with Gasteiger partial charge < -0.3 is 9.64 Å². The third kappa shape index (κ3) is 2.53. The maximum absolute atomic E-state index is 5.47. The molecule has 2 aliphatic rings. The molecule has 1 fully saturated rings. The molecule has 0 aromatic carbocycles. The lowest BCUT2D eigenvalue weighted by atomic mass is 9.92. The first-order valence-electron chi connectivity index (χ1n) is 7.81. The van der Waals surface area contributed by atoms with E-state index in [4.69, 9.17) is 9.72 Å². The fraction of sp³-hybridized carbons (Fsp3) is 0.750. The molecule has 20 heavy (non-hydrogen) atoms. The van der Waals surface area contributed by atoms with Crippen molar-refractivity contribution in [2.45, 2.75) is 64.0 Å². The van der Waals surface area contributed by atoms with Crippen LogP contribution in [0.1, 0.15) is 49.2 Å². The number of hydrogen-bond donors (Lipinski definition) is 0. The highest BCUT2D eigenvalue weighted by atomic mass is 16.5. The van der Waals surface area contributed by atoms with E-state index in [1.807, 2.05) is 14.0 Å². The Morgan fingerprint density at radius 3 is 2.55 bits per heavy atom. The van der Waals surface area contributed by atoms with Crippen molar-refractivity contribution in [3.8, 4) is 0 Å². The molecule has 0 saturated heterocycles. The summed E-state index contributed by atoms with van der Waals surface area (Å²) in [5.74, 6) is 2.10. The molecular weight excluding hydrogens is 250 g/mol. The van der Waals surface area contributed by atoms with Crippen LogP contribution in [0, 0.1) is 6.92 Å². The van der Waals surface area contributed by atoms with Crippen molar-refractivity contribution >= 4 is 5.82 Å². The summed E-state index contributed by atoms with van der Waals surface area (Å²) in [5.41, 5.74) is 2.68. The van der Waals surface area contributed by atoms with Gasteiger partial charge in [-0.05, 0) is 51.9 Å². The van der Waals surface area contributed by atoms with E-state index in [9.17, 15) is 0 Å². The minimum absolute atomic E-state index is 0.456. The van der Waals surface area contributed by atoms with E-state index in [2.05, 4.69) is 16.9 Å². The normalized spacial score (nSPS) is 25.6. The van der Waals surface area contributed by atoms with Crippen molar-refractivity contribution in [1.29, 1.82) is 0 Å². The summed E-state index contributed by atoms with van der Waals surface area (Å²) in [6, 6.07) is 0.598. The molecule has 0 bridgehead atoms. The summed E-state index contributed by atoms with van der Waals surface area (Å²) in [5, 5.41) is 0. The zero-order valence-electron chi connectivity index (χ0n) is 12.9. The summed E-state index contributed by atoms with van der Waals surface area (Å²) in [7, 11) is 4.04. The summed E-state index contributed by atoms with van der Waals surface area (Å²) >= 11 is 0. The fourth-order valence-corrected chi connectivity index (χ4v) is 3.67. The molecule has 0 spiro atoms. The van der Waals surface area contributed by atoms with Crippen LogP contribution in [-0.4, -0.2) is 36.3 Å². The standard InChI is InChI=1S/C16H25N3O/c1-11-17-15-6-4-5-14(15)16(18-11)19(2)12-7-9-13(20-3)10-8-12/h12-13H,4-10H2,1-3H3. The summed E-state index contributed by atoms with van der Waals surface area (Å²) in [6.45, 7) is 2.01. The van der Waals surface area contributed by atoms with Crippen LogP contribution in [0.15, 0.2) is 0 Å². The average Bonchev–Trinajstić information content (AvgIpc) is 2.94. The van der Waals surface area contributed by atoms with Crippen molar-refractivity contribution in [3.63, 3.8) is 0 Å². The highest BCUT2D eigenvalue weighted by Gasteiger charge is 2.28. The van der Waals surface area contributed by atoms with E-state index < -0.39 is 0 Å². The van der Waals surface area contributed by atoms with Crippen molar-refractivity contribution in [2.24, 2.45) is 0 Å². The molecule has 0 aliphatic heterocycles. The molecule has 0 radical (unpaired) electrons. The lowest BCUT2D eigenvalue weighted by Crippen LogP contribution is -2.38. The zero-order chi connectivity index (χ0) is 14.1. The smallest absolute Gasteiger partial charge is 0.135 e. The van der Waals surface area contributed by atoms with Crippen LogP contribution in [-0.2, 0) is 17.6 Å². The third-order valence-electron chi connectivity index (χ3n) is 4.88. The SMILES string of the molecule is COC1CCC(N(C)c2nc(C)nc3c2CCC3)CC1. The molecule has 3 rings (SSSR count).